The molecule has 2 aromatic rings. The fourth-order valence-electron chi connectivity index (χ4n) is 2.28. The highest BCUT2D eigenvalue weighted by molar-refractivity contribution is 6.31. The van der Waals surface area contributed by atoms with Gasteiger partial charge in [-0.15, -0.1) is 0 Å². The fourth-order valence-corrected chi connectivity index (χ4v) is 2.45. The van der Waals surface area contributed by atoms with Crippen LogP contribution >= 0.6 is 11.6 Å². The molecular weight excluding hydrogens is 380 g/mol. The maximum Gasteiger partial charge on any atom is 0.349 e. The molecule has 0 aliphatic heterocycles. The van der Waals surface area contributed by atoms with E-state index in [1.54, 1.807) is 48.5 Å². The molecule has 0 saturated carbocycles. The summed E-state index contributed by atoms with van der Waals surface area (Å²) in [5.41, 5.74) is 1.70. The second-order valence-electron chi connectivity index (χ2n) is 5.94. The van der Waals surface area contributed by atoms with Crippen molar-refractivity contribution in [1.82, 2.24) is 0 Å². The van der Waals surface area contributed by atoms with Gasteiger partial charge in [0.25, 0.3) is 5.91 Å². The van der Waals surface area contributed by atoms with Crippen molar-refractivity contribution in [2.24, 2.45) is 0 Å². The summed E-state index contributed by atoms with van der Waals surface area (Å²) in [4.78, 5) is 24.6. The molecule has 0 aromatic heterocycles. The minimum absolute atomic E-state index is 0.230. The zero-order chi connectivity index (χ0) is 20.7. The zero-order valence-electron chi connectivity index (χ0n) is 15.7. The summed E-state index contributed by atoms with van der Waals surface area (Å²) in [6, 6.07) is 13.7. The number of esters is 1. The maximum atomic E-state index is 12.3. The number of hydrogen-bond acceptors (Lipinski definition) is 5. The van der Waals surface area contributed by atoms with Gasteiger partial charge in [-0.2, -0.15) is 5.26 Å². The van der Waals surface area contributed by atoms with Crippen LogP contribution in [0.3, 0.4) is 0 Å². The van der Waals surface area contributed by atoms with E-state index in [0.29, 0.717) is 22.0 Å². The third-order valence-electron chi connectivity index (χ3n) is 3.86. The molecule has 0 aliphatic rings. The number of hydrogen-bond donors (Lipinski definition) is 1. The molecule has 28 heavy (non-hydrogen) atoms. The minimum Gasteiger partial charge on any atom is -0.497 e. The SMILES string of the molecule is COc1cccc(/C=C(\C#N)C(=O)O[C@H](C)C(=O)Nc2cc(Cl)ccc2C)c1. The molecule has 7 heteroatoms. The highest BCUT2D eigenvalue weighted by Gasteiger charge is 2.21. The lowest BCUT2D eigenvalue weighted by molar-refractivity contribution is -0.148. The average molecular weight is 399 g/mol. The van der Waals surface area contributed by atoms with Crippen LogP contribution < -0.4 is 10.1 Å². The van der Waals surface area contributed by atoms with Crippen molar-refractivity contribution in [3.8, 4) is 11.8 Å². The highest BCUT2D eigenvalue weighted by Crippen LogP contribution is 2.21. The van der Waals surface area contributed by atoms with Gasteiger partial charge in [0.2, 0.25) is 0 Å². The number of halogens is 1. The standard InChI is InChI=1S/C21H19ClN2O4/c1-13-7-8-17(22)11-19(13)24-20(25)14(2)28-21(26)16(12-23)9-15-5-4-6-18(10-15)27-3/h4-11,14H,1-3H3,(H,24,25)/b16-9+/t14-/m1/s1. The van der Waals surface area contributed by atoms with Crippen molar-refractivity contribution >= 4 is 35.2 Å². The maximum absolute atomic E-state index is 12.3. The van der Waals surface area contributed by atoms with Crippen LogP contribution in [0.15, 0.2) is 48.0 Å². The Labute approximate surface area is 168 Å². The van der Waals surface area contributed by atoms with Crippen LogP contribution in [0.1, 0.15) is 18.1 Å². The van der Waals surface area contributed by atoms with Gasteiger partial charge in [0.1, 0.15) is 17.4 Å². The molecule has 1 atom stereocenters. The van der Waals surface area contributed by atoms with E-state index in [-0.39, 0.29) is 5.57 Å². The summed E-state index contributed by atoms with van der Waals surface area (Å²) in [6.07, 6.45) is 0.268. The van der Waals surface area contributed by atoms with Gasteiger partial charge in [-0.1, -0.05) is 29.8 Å². The van der Waals surface area contributed by atoms with Crippen molar-refractivity contribution < 1.29 is 19.1 Å². The van der Waals surface area contributed by atoms with Gasteiger partial charge in [-0.05, 0) is 55.3 Å². The number of nitriles is 1. The van der Waals surface area contributed by atoms with Crippen LogP contribution in [0.25, 0.3) is 6.08 Å². The number of carbonyl (C=O) groups excluding carboxylic acids is 2. The first kappa shape index (κ1) is 21.0. The lowest BCUT2D eigenvalue weighted by atomic mass is 10.1. The lowest BCUT2D eigenvalue weighted by Gasteiger charge is -2.14. The Morgan fingerprint density at radius 1 is 1.25 bits per heavy atom. The number of aryl methyl sites for hydroxylation is 1. The number of anilines is 1. The second-order valence-corrected chi connectivity index (χ2v) is 6.38. The molecule has 0 heterocycles. The first-order chi connectivity index (χ1) is 13.3. The predicted octanol–water partition coefficient (Wildman–Crippen LogP) is 4.13. The number of rotatable bonds is 6. The molecule has 1 N–H and O–H groups in total. The number of carbonyl (C=O) groups is 2. The molecule has 0 spiro atoms. The van der Waals surface area contributed by atoms with Crippen molar-refractivity contribution in [2.45, 2.75) is 20.0 Å². The van der Waals surface area contributed by atoms with Crippen molar-refractivity contribution in [3.63, 3.8) is 0 Å². The Hall–Kier alpha value is -3.30. The van der Waals surface area contributed by atoms with Crippen molar-refractivity contribution in [1.29, 1.82) is 5.26 Å². The zero-order valence-corrected chi connectivity index (χ0v) is 16.4. The van der Waals surface area contributed by atoms with Gasteiger partial charge in [0, 0.05) is 10.7 Å². The molecule has 0 saturated heterocycles. The number of methoxy groups -OCH3 is 1. The van der Waals surface area contributed by atoms with E-state index in [9.17, 15) is 14.9 Å². The Bertz CT molecular complexity index is 963. The van der Waals surface area contributed by atoms with Crippen LogP contribution in [0.2, 0.25) is 5.02 Å². The summed E-state index contributed by atoms with van der Waals surface area (Å²) in [5, 5.41) is 12.4. The van der Waals surface area contributed by atoms with Gasteiger partial charge >= 0.3 is 5.97 Å². The Morgan fingerprint density at radius 3 is 2.68 bits per heavy atom. The van der Waals surface area contributed by atoms with E-state index < -0.39 is 18.0 Å². The van der Waals surface area contributed by atoms with Crippen LogP contribution in [0.5, 0.6) is 5.75 Å². The third kappa shape index (κ3) is 5.60. The van der Waals surface area contributed by atoms with Crippen LogP contribution in [0, 0.1) is 18.3 Å². The van der Waals surface area contributed by atoms with E-state index >= 15 is 0 Å². The molecule has 2 aromatic carbocycles. The van der Waals surface area contributed by atoms with Gasteiger partial charge in [-0.3, -0.25) is 4.79 Å². The summed E-state index contributed by atoms with van der Waals surface area (Å²) >= 11 is 5.93. The molecule has 0 fully saturated rings. The van der Waals surface area contributed by atoms with E-state index in [4.69, 9.17) is 21.1 Å². The molecule has 1 amide bonds. The van der Waals surface area contributed by atoms with Crippen molar-refractivity contribution in [3.05, 3.63) is 64.2 Å². The molecule has 0 aliphatic carbocycles. The average Bonchev–Trinajstić information content (AvgIpc) is 2.68. The molecule has 0 radical (unpaired) electrons. The number of nitrogens with zero attached hydrogens (tertiary/aromatic N) is 1. The summed E-state index contributed by atoms with van der Waals surface area (Å²) < 4.78 is 10.2. The number of ether oxygens (including phenoxy) is 2. The molecule has 2 rings (SSSR count). The van der Waals surface area contributed by atoms with Gasteiger partial charge in [0.15, 0.2) is 6.10 Å². The lowest BCUT2D eigenvalue weighted by Crippen LogP contribution is -2.30. The number of benzene rings is 2. The second kappa shape index (κ2) is 9.58. The van der Waals surface area contributed by atoms with Gasteiger partial charge < -0.3 is 14.8 Å². The van der Waals surface area contributed by atoms with Crippen LogP contribution in [-0.2, 0) is 14.3 Å². The normalized spacial score (nSPS) is 11.9. The summed E-state index contributed by atoms with van der Waals surface area (Å²) in [7, 11) is 1.52. The Balaban J connectivity index is 2.08. The first-order valence-electron chi connectivity index (χ1n) is 8.38. The van der Waals surface area contributed by atoms with Gasteiger partial charge in [-0.25, -0.2) is 4.79 Å². The molecule has 0 unspecified atom stereocenters. The third-order valence-corrected chi connectivity index (χ3v) is 4.09. The quantitative estimate of drug-likeness (QED) is 0.449. The van der Waals surface area contributed by atoms with E-state index in [1.165, 1.54) is 20.1 Å². The van der Waals surface area contributed by atoms with E-state index in [0.717, 1.165) is 5.56 Å². The van der Waals surface area contributed by atoms with E-state index in [2.05, 4.69) is 5.32 Å². The van der Waals surface area contributed by atoms with E-state index in [1.807, 2.05) is 6.92 Å². The smallest absolute Gasteiger partial charge is 0.349 e. The first-order valence-corrected chi connectivity index (χ1v) is 8.75. The van der Waals surface area contributed by atoms with Crippen LogP contribution in [0.4, 0.5) is 5.69 Å². The Kier molecular flexibility index (Phi) is 7.19. The molecule has 6 nitrogen and oxygen atoms in total. The summed E-state index contributed by atoms with van der Waals surface area (Å²) in [6.45, 7) is 3.24. The predicted molar refractivity (Wildman–Crippen MR) is 107 cm³/mol. The number of amides is 1. The Morgan fingerprint density at radius 2 is 2.00 bits per heavy atom. The molecule has 144 valence electrons. The number of nitrogens with one attached hydrogen (secondary N) is 1. The van der Waals surface area contributed by atoms with Crippen molar-refractivity contribution in [2.75, 3.05) is 12.4 Å². The molecule has 0 bridgehead atoms. The topological polar surface area (TPSA) is 88.4 Å². The fraction of sp³-hybridized carbons (Fsp3) is 0.190. The largest absolute Gasteiger partial charge is 0.497 e. The van der Waals surface area contributed by atoms with Gasteiger partial charge in [0.05, 0.1) is 7.11 Å². The molecular formula is C21H19ClN2O4. The summed E-state index contributed by atoms with van der Waals surface area (Å²) in [5.74, 6) is -0.836. The monoisotopic (exact) mass is 398 g/mol. The van der Waals surface area contributed by atoms with Crippen LogP contribution in [-0.4, -0.2) is 25.1 Å². The highest BCUT2D eigenvalue weighted by atomic mass is 35.5. The minimum atomic E-state index is -1.10.